The van der Waals surface area contributed by atoms with E-state index in [-0.39, 0.29) is 0 Å². The van der Waals surface area contributed by atoms with Crippen molar-refractivity contribution in [2.24, 2.45) is 0 Å². The molecular formula is C12H10BrClO2S. The number of aryl methyl sites for hydroxylation is 1. The molecule has 5 heteroatoms. The lowest BCUT2D eigenvalue weighted by molar-refractivity contribution is 0.0701. The molecule has 1 heterocycles. The van der Waals surface area contributed by atoms with E-state index < -0.39 is 5.97 Å². The van der Waals surface area contributed by atoms with E-state index in [1.54, 1.807) is 6.07 Å². The summed E-state index contributed by atoms with van der Waals surface area (Å²) in [5.74, 6) is -0.896. The fraction of sp³-hybridized carbons (Fsp3) is 0.250. The summed E-state index contributed by atoms with van der Waals surface area (Å²) >= 11 is 10.5. The summed E-state index contributed by atoms with van der Waals surface area (Å²) < 4.78 is 1.73. The second-order valence-corrected chi connectivity index (χ2v) is 6.39. The Hall–Kier alpha value is -0.580. The van der Waals surface area contributed by atoms with Crippen molar-refractivity contribution in [3.63, 3.8) is 0 Å². The predicted molar refractivity (Wildman–Crippen MR) is 74.3 cm³/mol. The molecule has 2 nitrogen and oxygen atoms in total. The molecular weight excluding hydrogens is 324 g/mol. The third kappa shape index (κ3) is 3.00. The van der Waals surface area contributed by atoms with Gasteiger partial charge < -0.3 is 5.11 Å². The highest BCUT2D eigenvalue weighted by atomic mass is 79.9. The van der Waals surface area contributed by atoms with E-state index in [2.05, 4.69) is 28.1 Å². The Labute approximate surface area is 117 Å². The van der Waals surface area contributed by atoms with Gasteiger partial charge in [0, 0.05) is 4.48 Å². The van der Waals surface area contributed by atoms with Gasteiger partial charge in [-0.2, -0.15) is 0 Å². The average Bonchev–Trinajstić information content (AvgIpc) is 2.82. The number of carbonyl (C=O) groups is 1. The molecule has 0 saturated heterocycles. The molecule has 17 heavy (non-hydrogen) atoms. The molecule has 0 amide bonds. The Kier molecular flexibility index (Phi) is 4.07. The number of hydrogen-bond acceptors (Lipinski definition) is 2. The molecule has 0 saturated carbocycles. The highest BCUT2D eigenvalue weighted by Crippen LogP contribution is 2.31. The van der Waals surface area contributed by atoms with Crippen LogP contribution in [0.15, 0.2) is 28.3 Å². The average molecular weight is 334 g/mol. The second kappa shape index (κ2) is 5.38. The molecule has 0 unspecified atom stereocenters. The molecule has 0 fully saturated rings. The van der Waals surface area contributed by atoms with E-state index in [1.807, 2.05) is 0 Å². The van der Waals surface area contributed by atoms with E-state index in [1.165, 1.54) is 10.1 Å². The van der Waals surface area contributed by atoms with Gasteiger partial charge in [0.05, 0.1) is 4.34 Å². The van der Waals surface area contributed by atoms with Crippen LogP contribution in [-0.4, -0.2) is 11.1 Å². The SMILES string of the molecule is O=C(O)c1sc(Cl)cc1CCC1=C(Br)CC=C1. The first-order chi connectivity index (χ1) is 8.08. The molecule has 2 rings (SSSR count). The minimum atomic E-state index is -0.896. The fourth-order valence-electron chi connectivity index (χ4n) is 1.78. The molecule has 1 N–H and O–H groups in total. The van der Waals surface area contributed by atoms with Gasteiger partial charge in [-0.05, 0) is 36.5 Å². The zero-order chi connectivity index (χ0) is 12.4. The predicted octanol–water partition coefficient (Wildman–Crippen LogP) is 4.64. The smallest absolute Gasteiger partial charge is 0.346 e. The van der Waals surface area contributed by atoms with Crippen LogP contribution >= 0.6 is 38.9 Å². The number of thiophene rings is 1. The maximum Gasteiger partial charge on any atom is 0.346 e. The molecule has 0 spiro atoms. The third-order valence-electron chi connectivity index (χ3n) is 2.60. The lowest BCUT2D eigenvalue weighted by atomic mass is 10.1. The third-order valence-corrected chi connectivity index (χ3v) is 4.73. The maximum absolute atomic E-state index is 11.0. The number of carboxylic acid groups (broad SMARTS) is 1. The lowest BCUT2D eigenvalue weighted by Gasteiger charge is -2.02. The van der Waals surface area contributed by atoms with Gasteiger partial charge in [0.15, 0.2) is 0 Å². The zero-order valence-corrected chi connectivity index (χ0v) is 12.0. The van der Waals surface area contributed by atoms with E-state index in [4.69, 9.17) is 16.7 Å². The van der Waals surface area contributed by atoms with Gasteiger partial charge in [-0.3, -0.25) is 0 Å². The summed E-state index contributed by atoms with van der Waals surface area (Å²) in [7, 11) is 0. The standard InChI is InChI=1S/C12H10BrClO2S/c13-9-3-1-2-7(9)4-5-8-6-10(14)17-11(8)12(15)16/h1-2,6H,3-5H2,(H,15,16). The van der Waals surface area contributed by atoms with E-state index >= 15 is 0 Å². The first kappa shape index (κ1) is 12.9. The largest absolute Gasteiger partial charge is 0.477 e. The van der Waals surface area contributed by atoms with Gasteiger partial charge in [0.1, 0.15) is 4.88 Å². The molecule has 0 aromatic carbocycles. The van der Waals surface area contributed by atoms with Crippen LogP contribution < -0.4 is 0 Å². The Balaban J connectivity index is 2.11. The monoisotopic (exact) mass is 332 g/mol. The van der Waals surface area contributed by atoms with Crippen molar-refractivity contribution >= 4 is 44.8 Å². The van der Waals surface area contributed by atoms with Crippen LogP contribution in [0.25, 0.3) is 0 Å². The van der Waals surface area contributed by atoms with Crippen molar-refractivity contribution < 1.29 is 9.90 Å². The molecule has 1 aromatic heterocycles. The fourth-order valence-corrected chi connectivity index (χ4v) is 3.43. The van der Waals surface area contributed by atoms with Gasteiger partial charge >= 0.3 is 5.97 Å². The summed E-state index contributed by atoms with van der Waals surface area (Å²) in [6.07, 6.45) is 6.66. The molecule has 90 valence electrons. The quantitative estimate of drug-likeness (QED) is 0.871. The Bertz CT molecular complexity index is 517. The van der Waals surface area contributed by atoms with Crippen LogP contribution in [0.2, 0.25) is 4.34 Å². The minimum absolute atomic E-state index is 0.355. The van der Waals surface area contributed by atoms with Crippen LogP contribution in [0, 0.1) is 0 Å². The van der Waals surface area contributed by atoms with E-state index in [9.17, 15) is 4.79 Å². The number of hydrogen-bond donors (Lipinski definition) is 1. The summed E-state index contributed by atoms with van der Waals surface area (Å²) in [6, 6.07) is 1.75. The Morgan fingerprint density at radius 2 is 2.29 bits per heavy atom. The van der Waals surface area contributed by atoms with Gasteiger partial charge in [0.25, 0.3) is 0 Å². The number of carboxylic acids is 1. The summed E-state index contributed by atoms with van der Waals surface area (Å²) in [5.41, 5.74) is 2.06. The first-order valence-electron chi connectivity index (χ1n) is 5.13. The molecule has 0 radical (unpaired) electrons. The van der Waals surface area contributed by atoms with Crippen molar-refractivity contribution in [1.29, 1.82) is 0 Å². The zero-order valence-electron chi connectivity index (χ0n) is 8.87. The normalized spacial score (nSPS) is 14.7. The number of halogens is 2. The summed E-state index contributed by atoms with van der Waals surface area (Å²) in [6.45, 7) is 0. The van der Waals surface area contributed by atoms with E-state index in [0.717, 1.165) is 29.7 Å². The number of rotatable bonds is 4. The maximum atomic E-state index is 11.0. The van der Waals surface area contributed by atoms with Gasteiger partial charge in [0.2, 0.25) is 0 Å². The Morgan fingerprint density at radius 1 is 1.53 bits per heavy atom. The van der Waals surface area contributed by atoms with E-state index in [0.29, 0.717) is 15.6 Å². The van der Waals surface area contributed by atoms with Crippen molar-refractivity contribution in [1.82, 2.24) is 0 Å². The van der Waals surface area contributed by atoms with Crippen LogP contribution in [0.3, 0.4) is 0 Å². The summed E-state index contributed by atoms with van der Waals surface area (Å²) in [5, 5.41) is 9.04. The van der Waals surface area contributed by atoms with Crippen molar-refractivity contribution in [3.8, 4) is 0 Å². The van der Waals surface area contributed by atoms with Gasteiger partial charge in [-0.25, -0.2) is 4.79 Å². The van der Waals surface area contributed by atoms with Crippen molar-refractivity contribution in [3.05, 3.63) is 43.1 Å². The molecule has 1 aliphatic rings. The highest BCUT2D eigenvalue weighted by molar-refractivity contribution is 9.11. The van der Waals surface area contributed by atoms with Crippen LogP contribution in [0.4, 0.5) is 0 Å². The minimum Gasteiger partial charge on any atom is -0.477 e. The lowest BCUT2D eigenvalue weighted by Crippen LogP contribution is -1.98. The van der Waals surface area contributed by atoms with Crippen LogP contribution in [0.1, 0.15) is 28.1 Å². The molecule has 0 bridgehead atoms. The van der Waals surface area contributed by atoms with Gasteiger partial charge in [-0.15, -0.1) is 11.3 Å². The van der Waals surface area contributed by atoms with Crippen molar-refractivity contribution in [2.45, 2.75) is 19.3 Å². The molecule has 0 atom stereocenters. The highest BCUT2D eigenvalue weighted by Gasteiger charge is 2.15. The molecule has 1 aromatic rings. The Morgan fingerprint density at radius 3 is 2.88 bits per heavy atom. The molecule has 1 aliphatic carbocycles. The number of aromatic carboxylic acids is 1. The first-order valence-corrected chi connectivity index (χ1v) is 7.12. The number of allylic oxidation sites excluding steroid dienone is 4. The summed E-state index contributed by atoms with van der Waals surface area (Å²) in [4.78, 5) is 11.4. The molecule has 0 aliphatic heterocycles. The van der Waals surface area contributed by atoms with Gasteiger partial charge in [-0.1, -0.05) is 39.7 Å². The second-order valence-electron chi connectivity index (χ2n) is 3.75. The van der Waals surface area contributed by atoms with Crippen LogP contribution in [0.5, 0.6) is 0 Å². The van der Waals surface area contributed by atoms with Crippen LogP contribution in [-0.2, 0) is 6.42 Å². The topological polar surface area (TPSA) is 37.3 Å². The van der Waals surface area contributed by atoms with Crippen molar-refractivity contribution in [2.75, 3.05) is 0 Å².